The molecule has 0 aromatic heterocycles. The highest BCUT2D eigenvalue weighted by Gasteiger charge is 1.96. The Hall–Kier alpha value is -0.560. The first kappa shape index (κ1) is 9.44. The van der Waals surface area contributed by atoms with Crippen LogP contribution in [0.5, 0.6) is 0 Å². The lowest BCUT2D eigenvalue weighted by Crippen LogP contribution is -1.87. The van der Waals surface area contributed by atoms with Crippen molar-refractivity contribution in [2.45, 2.75) is 13.8 Å². The van der Waals surface area contributed by atoms with Gasteiger partial charge in [-0.25, -0.2) is 0 Å². The molecule has 0 amide bonds. The maximum absolute atomic E-state index is 5.58. The summed E-state index contributed by atoms with van der Waals surface area (Å²) in [5.74, 6) is 0.412. The number of allylic oxidation sites excluding steroid dienone is 2. The van der Waals surface area contributed by atoms with E-state index < -0.39 is 0 Å². The molecule has 56 valence electrons. The second-order valence-electron chi connectivity index (χ2n) is 2.35. The van der Waals surface area contributed by atoms with Crippen molar-refractivity contribution in [1.29, 1.82) is 0 Å². The number of hydrogen-bond acceptors (Lipinski definition) is 1. The van der Waals surface area contributed by atoms with Crippen LogP contribution in [0, 0.1) is 5.92 Å². The molecule has 0 aromatic carbocycles. The average molecular weight is 158 g/mol. The number of hydrogen-bond donors (Lipinski definition) is 0. The van der Waals surface area contributed by atoms with Gasteiger partial charge in [-0.1, -0.05) is 32.0 Å². The van der Waals surface area contributed by atoms with Crippen LogP contribution in [0.4, 0.5) is 0 Å². The lowest BCUT2D eigenvalue weighted by molar-refractivity contribution is 0.794. The van der Waals surface area contributed by atoms with Crippen LogP contribution in [-0.2, 0) is 0 Å². The minimum atomic E-state index is 0.402. The zero-order valence-electron chi connectivity index (χ0n) is 6.39. The fourth-order valence-corrected chi connectivity index (χ4v) is 0.505. The average Bonchev–Trinajstić information content (AvgIpc) is 1.87. The molecule has 0 unspecified atom stereocenters. The van der Waals surface area contributed by atoms with Gasteiger partial charge in [-0.05, 0) is 24.3 Å². The van der Waals surface area contributed by atoms with Gasteiger partial charge in [0.15, 0.2) is 0 Å². The van der Waals surface area contributed by atoms with Crippen LogP contribution in [0.2, 0.25) is 0 Å². The van der Waals surface area contributed by atoms with E-state index in [0.717, 1.165) is 5.57 Å². The number of halogens is 1. The van der Waals surface area contributed by atoms with Gasteiger partial charge in [0, 0.05) is 0 Å². The van der Waals surface area contributed by atoms with E-state index in [2.05, 4.69) is 18.3 Å². The third kappa shape index (κ3) is 3.46. The Morgan fingerprint density at radius 2 is 2.10 bits per heavy atom. The molecule has 0 aliphatic rings. The predicted molar refractivity (Wildman–Crippen MR) is 47.5 cm³/mol. The third-order valence-electron chi connectivity index (χ3n) is 1.20. The van der Waals surface area contributed by atoms with Gasteiger partial charge in [0.2, 0.25) is 0 Å². The van der Waals surface area contributed by atoms with E-state index in [4.69, 9.17) is 11.6 Å². The minimum absolute atomic E-state index is 0.402. The maximum atomic E-state index is 5.58. The van der Waals surface area contributed by atoms with Crippen molar-refractivity contribution in [2.75, 3.05) is 0 Å². The first-order chi connectivity index (χ1) is 4.57. The summed E-state index contributed by atoms with van der Waals surface area (Å²) >= 11 is 5.58. The van der Waals surface area contributed by atoms with Gasteiger partial charge in [0.1, 0.15) is 5.16 Å². The van der Waals surface area contributed by atoms with Gasteiger partial charge in [0.05, 0.1) is 0 Å². The standard InChI is InChI=1S/C8H12ClN/c1-6(2)7(3)5-8(9)10-4/h5-6H,3-4H2,1-2H3/b8-5-. The highest BCUT2D eigenvalue weighted by Crippen LogP contribution is 2.13. The van der Waals surface area contributed by atoms with Crippen molar-refractivity contribution in [3.05, 3.63) is 23.4 Å². The van der Waals surface area contributed by atoms with Gasteiger partial charge in [0.25, 0.3) is 0 Å². The molecule has 0 radical (unpaired) electrons. The Morgan fingerprint density at radius 1 is 1.60 bits per heavy atom. The monoisotopic (exact) mass is 157 g/mol. The van der Waals surface area contributed by atoms with Crippen molar-refractivity contribution in [3.8, 4) is 0 Å². The SMILES string of the molecule is C=N/C(Cl)=C\C(=C)C(C)C. The molecular weight excluding hydrogens is 146 g/mol. The maximum Gasteiger partial charge on any atom is 0.128 e. The molecule has 0 saturated heterocycles. The lowest BCUT2D eigenvalue weighted by Gasteiger charge is -2.01. The number of nitrogens with zero attached hydrogens (tertiary/aromatic N) is 1. The molecule has 0 aliphatic carbocycles. The van der Waals surface area contributed by atoms with Crippen LogP contribution in [0.25, 0.3) is 0 Å². The summed E-state index contributed by atoms with van der Waals surface area (Å²) in [7, 11) is 0. The molecule has 0 N–H and O–H groups in total. The summed E-state index contributed by atoms with van der Waals surface area (Å²) < 4.78 is 0. The zero-order chi connectivity index (χ0) is 8.15. The number of aliphatic imine (C=N–C) groups is 1. The van der Waals surface area contributed by atoms with Gasteiger partial charge >= 0.3 is 0 Å². The molecule has 0 atom stereocenters. The third-order valence-corrected chi connectivity index (χ3v) is 1.43. The van der Waals surface area contributed by atoms with Crippen LogP contribution in [0.1, 0.15) is 13.8 Å². The van der Waals surface area contributed by atoms with Crippen LogP contribution in [0.3, 0.4) is 0 Å². The van der Waals surface area contributed by atoms with Crippen LogP contribution in [-0.4, -0.2) is 6.72 Å². The second kappa shape index (κ2) is 4.29. The van der Waals surface area contributed by atoms with Crippen LogP contribution in [0.15, 0.2) is 28.4 Å². The Bertz CT molecular complexity index is 168. The van der Waals surface area contributed by atoms with Gasteiger partial charge in [-0.15, -0.1) is 0 Å². The topological polar surface area (TPSA) is 12.4 Å². The summed E-state index contributed by atoms with van der Waals surface area (Å²) in [6, 6.07) is 0. The normalized spacial score (nSPS) is 11.8. The molecule has 0 heterocycles. The van der Waals surface area contributed by atoms with E-state index in [0.29, 0.717) is 11.1 Å². The summed E-state index contributed by atoms with van der Waals surface area (Å²) in [6.07, 6.45) is 1.72. The van der Waals surface area contributed by atoms with Crippen molar-refractivity contribution < 1.29 is 0 Å². The van der Waals surface area contributed by atoms with Gasteiger partial charge < -0.3 is 0 Å². The molecular formula is C8H12ClN. The molecule has 0 spiro atoms. The molecule has 0 bridgehead atoms. The first-order valence-electron chi connectivity index (χ1n) is 3.10. The van der Waals surface area contributed by atoms with Gasteiger partial charge in [-0.2, -0.15) is 0 Å². The quantitative estimate of drug-likeness (QED) is 0.339. The van der Waals surface area contributed by atoms with Crippen LogP contribution >= 0.6 is 11.6 Å². The Morgan fingerprint density at radius 3 is 2.40 bits per heavy atom. The Balaban J connectivity index is 4.13. The van der Waals surface area contributed by atoms with Crippen molar-refractivity contribution in [3.63, 3.8) is 0 Å². The molecule has 0 fully saturated rings. The highest BCUT2D eigenvalue weighted by atomic mass is 35.5. The van der Waals surface area contributed by atoms with Crippen LogP contribution < -0.4 is 0 Å². The van der Waals surface area contributed by atoms with Crippen molar-refractivity contribution >= 4 is 18.3 Å². The molecule has 0 aromatic rings. The minimum Gasteiger partial charge on any atom is -0.252 e. The van der Waals surface area contributed by atoms with E-state index in [-0.39, 0.29) is 0 Å². The summed E-state index contributed by atoms with van der Waals surface area (Å²) in [4.78, 5) is 3.53. The van der Waals surface area contributed by atoms with E-state index in [9.17, 15) is 0 Å². The highest BCUT2D eigenvalue weighted by molar-refractivity contribution is 6.29. The largest absolute Gasteiger partial charge is 0.252 e. The smallest absolute Gasteiger partial charge is 0.128 e. The Labute approximate surface area is 67.1 Å². The number of rotatable bonds is 3. The molecule has 0 aliphatic heterocycles. The second-order valence-corrected chi connectivity index (χ2v) is 2.74. The summed E-state index contributed by atoms with van der Waals surface area (Å²) in [6.45, 7) is 11.2. The first-order valence-corrected chi connectivity index (χ1v) is 3.48. The van der Waals surface area contributed by atoms with E-state index in [1.54, 1.807) is 6.08 Å². The fraction of sp³-hybridized carbons (Fsp3) is 0.375. The molecule has 2 heteroatoms. The molecule has 10 heavy (non-hydrogen) atoms. The zero-order valence-corrected chi connectivity index (χ0v) is 7.15. The van der Waals surface area contributed by atoms with E-state index in [1.807, 2.05) is 13.8 Å². The summed E-state index contributed by atoms with van der Waals surface area (Å²) in [5.41, 5.74) is 0.970. The summed E-state index contributed by atoms with van der Waals surface area (Å²) in [5, 5.41) is 0.402. The van der Waals surface area contributed by atoms with Crippen molar-refractivity contribution in [2.24, 2.45) is 10.9 Å². The van der Waals surface area contributed by atoms with E-state index in [1.165, 1.54) is 0 Å². The molecule has 0 saturated carbocycles. The lowest BCUT2D eigenvalue weighted by atomic mass is 10.1. The van der Waals surface area contributed by atoms with Crippen molar-refractivity contribution in [1.82, 2.24) is 0 Å². The van der Waals surface area contributed by atoms with E-state index >= 15 is 0 Å². The fourth-order valence-electron chi connectivity index (χ4n) is 0.365. The molecule has 0 rings (SSSR count). The predicted octanol–water partition coefficient (Wildman–Crippen LogP) is 2.98. The molecule has 1 nitrogen and oxygen atoms in total. The Kier molecular flexibility index (Phi) is 4.05. The van der Waals surface area contributed by atoms with Gasteiger partial charge in [-0.3, -0.25) is 4.99 Å².